The Bertz CT molecular complexity index is 658. The zero-order valence-electron chi connectivity index (χ0n) is 12.0. The van der Waals surface area contributed by atoms with E-state index in [4.69, 9.17) is 5.73 Å². The first-order valence-corrected chi connectivity index (χ1v) is 9.18. The third kappa shape index (κ3) is 4.80. The van der Waals surface area contributed by atoms with Gasteiger partial charge >= 0.3 is 5.97 Å². The molecule has 1 aromatic carbocycles. The van der Waals surface area contributed by atoms with Gasteiger partial charge in [-0.15, -0.1) is 0 Å². The Morgan fingerprint density at radius 1 is 1.48 bits per heavy atom. The molecule has 2 unspecified atom stereocenters. The number of hydrogen-bond donors (Lipinski definition) is 2. The maximum Gasteiger partial charge on any atom is 0.337 e. The van der Waals surface area contributed by atoms with E-state index in [1.54, 1.807) is 6.92 Å². The molecule has 1 aromatic rings. The number of ether oxygens (including phenoxy) is 1. The fourth-order valence-corrected chi connectivity index (χ4v) is 4.00. The Morgan fingerprint density at radius 2 is 2.10 bits per heavy atom. The van der Waals surface area contributed by atoms with Crippen LogP contribution >= 0.6 is 0 Å². The summed E-state index contributed by atoms with van der Waals surface area (Å²) in [5.74, 6) is -0.410. The fraction of sp³-hybridized carbons (Fsp3) is 0.417. The second-order valence-corrected chi connectivity index (χ2v) is 7.67. The van der Waals surface area contributed by atoms with Crippen LogP contribution in [0.1, 0.15) is 17.3 Å². The monoisotopic (exact) mass is 334 g/mol. The molecule has 1 rings (SSSR count). The predicted octanol–water partition coefficient (Wildman–Crippen LogP) is 0.101. The molecule has 0 aliphatic heterocycles. The maximum atomic E-state index is 12.2. The van der Waals surface area contributed by atoms with Crippen LogP contribution < -0.4 is 10.5 Å². The molecular weight excluding hydrogens is 316 g/mol. The molecule has 0 saturated carbocycles. The summed E-state index contributed by atoms with van der Waals surface area (Å²) >= 11 is 0. The lowest BCUT2D eigenvalue weighted by Gasteiger charge is -2.14. The van der Waals surface area contributed by atoms with Gasteiger partial charge in [0.05, 0.1) is 18.4 Å². The normalized spacial score (nSPS) is 14.4. The summed E-state index contributed by atoms with van der Waals surface area (Å²) in [4.78, 5) is 11.2. The Morgan fingerprint density at radius 3 is 2.57 bits per heavy atom. The zero-order chi connectivity index (χ0) is 16.2. The number of nitrogens with two attached hydrogens (primary N) is 1. The fourth-order valence-electron chi connectivity index (χ4n) is 1.75. The van der Waals surface area contributed by atoms with E-state index >= 15 is 0 Å². The van der Waals surface area contributed by atoms with Gasteiger partial charge in [-0.05, 0) is 25.1 Å². The Balaban J connectivity index is 3.04. The van der Waals surface area contributed by atoms with Crippen LogP contribution in [-0.2, 0) is 25.6 Å². The van der Waals surface area contributed by atoms with E-state index < -0.39 is 32.8 Å². The summed E-state index contributed by atoms with van der Waals surface area (Å²) in [5.41, 5.74) is 5.79. The molecule has 7 nitrogen and oxygen atoms in total. The van der Waals surface area contributed by atoms with Gasteiger partial charge < -0.3 is 10.5 Å². The van der Waals surface area contributed by atoms with Crippen molar-refractivity contribution >= 4 is 32.5 Å². The lowest BCUT2D eigenvalue weighted by molar-refractivity contribution is 0.0600. The van der Waals surface area contributed by atoms with Gasteiger partial charge in [0.15, 0.2) is 0 Å². The first kappa shape index (κ1) is 17.6. The molecular formula is C12H18N2O5S2. The van der Waals surface area contributed by atoms with Crippen LogP contribution in [0.2, 0.25) is 0 Å². The molecule has 0 heterocycles. The number of anilines is 1. The summed E-state index contributed by atoms with van der Waals surface area (Å²) in [6, 6.07) is 3.29. The number of methoxy groups -OCH3 is 1. The smallest absolute Gasteiger partial charge is 0.337 e. The van der Waals surface area contributed by atoms with Crippen LogP contribution in [0.3, 0.4) is 0 Å². The van der Waals surface area contributed by atoms with Crippen LogP contribution in [0.5, 0.6) is 0 Å². The molecule has 2 atom stereocenters. The molecule has 0 bridgehead atoms. The van der Waals surface area contributed by atoms with Crippen LogP contribution in [0.15, 0.2) is 23.1 Å². The van der Waals surface area contributed by atoms with Gasteiger partial charge in [0.1, 0.15) is 4.90 Å². The first-order chi connectivity index (χ1) is 9.67. The number of benzene rings is 1. The Hall–Kier alpha value is -1.45. The van der Waals surface area contributed by atoms with E-state index in [1.165, 1.54) is 31.6 Å². The highest BCUT2D eigenvalue weighted by molar-refractivity contribution is 7.89. The number of esters is 1. The largest absolute Gasteiger partial charge is 0.465 e. The van der Waals surface area contributed by atoms with Gasteiger partial charge in [0, 0.05) is 28.9 Å². The number of carbonyl (C=O) groups excluding carboxylic acids is 1. The average Bonchev–Trinajstić information content (AvgIpc) is 2.35. The van der Waals surface area contributed by atoms with Crippen molar-refractivity contribution in [3.8, 4) is 0 Å². The number of sulfonamides is 1. The lowest BCUT2D eigenvalue weighted by Crippen LogP contribution is -2.36. The molecule has 21 heavy (non-hydrogen) atoms. The zero-order valence-corrected chi connectivity index (χ0v) is 13.6. The highest BCUT2D eigenvalue weighted by Gasteiger charge is 2.21. The Labute approximate surface area is 126 Å². The van der Waals surface area contributed by atoms with Gasteiger partial charge in [-0.3, -0.25) is 4.21 Å². The molecule has 0 saturated heterocycles. The van der Waals surface area contributed by atoms with E-state index in [-0.39, 0.29) is 21.9 Å². The molecule has 0 radical (unpaired) electrons. The maximum absolute atomic E-state index is 12.2. The number of nitrogens with one attached hydrogen (secondary N) is 1. The van der Waals surface area contributed by atoms with Gasteiger partial charge in [0.25, 0.3) is 0 Å². The van der Waals surface area contributed by atoms with Gasteiger partial charge in [0.2, 0.25) is 10.0 Å². The van der Waals surface area contributed by atoms with Crippen molar-refractivity contribution in [2.75, 3.05) is 24.9 Å². The van der Waals surface area contributed by atoms with Gasteiger partial charge in [-0.1, -0.05) is 0 Å². The quantitative estimate of drug-likeness (QED) is 0.563. The van der Waals surface area contributed by atoms with Crippen molar-refractivity contribution in [3.63, 3.8) is 0 Å². The minimum Gasteiger partial charge on any atom is -0.465 e. The number of hydrogen-bond acceptors (Lipinski definition) is 6. The van der Waals surface area contributed by atoms with Gasteiger partial charge in [-0.25, -0.2) is 17.9 Å². The van der Waals surface area contributed by atoms with E-state index in [1.807, 2.05) is 0 Å². The summed E-state index contributed by atoms with van der Waals surface area (Å²) in [6.45, 7) is 1.61. The highest BCUT2D eigenvalue weighted by Crippen LogP contribution is 2.20. The van der Waals surface area contributed by atoms with Crippen molar-refractivity contribution in [2.45, 2.75) is 17.9 Å². The third-order valence-electron chi connectivity index (χ3n) is 2.56. The number of nitrogen functional groups attached to an aromatic ring is 1. The standard InChI is InChI=1S/C12H18N2O5S2/c1-8(7-20(3)16)14-21(17,18)11-5-4-9(6-10(11)13)12(15)19-2/h4-6,8,14H,7,13H2,1-3H3. The van der Waals surface area contributed by atoms with Crippen LogP contribution in [0, 0.1) is 0 Å². The molecule has 0 fully saturated rings. The second-order valence-electron chi connectivity index (χ2n) is 4.51. The average molecular weight is 334 g/mol. The molecule has 0 aliphatic rings. The highest BCUT2D eigenvalue weighted by atomic mass is 32.2. The van der Waals surface area contributed by atoms with Crippen LogP contribution in [0.25, 0.3) is 0 Å². The molecule has 9 heteroatoms. The SMILES string of the molecule is COC(=O)c1ccc(S(=O)(=O)NC(C)CS(C)=O)c(N)c1. The molecule has 0 spiro atoms. The van der Waals surface area contributed by atoms with E-state index in [0.29, 0.717) is 0 Å². The summed E-state index contributed by atoms with van der Waals surface area (Å²) in [7, 11) is -3.75. The molecule has 0 amide bonds. The van der Waals surface area contributed by atoms with Crippen molar-refractivity contribution in [1.29, 1.82) is 0 Å². The predicted molar refractivity (Wildman–Crippen MR) is 80.9 cm³/mol. The lowest BCUT2D eigenvalue weighted by atomic mass is 10.2. The van der Waals surface area contributed by atoms with E-state index in [9.17, 15) is 17.4 Å². The molecule has 0 aliphatic carbocycles. The minimum absolute atomic E-state index is 0.0600. The first-order valence-electron chi connectivity index (χ1n) is 5.97. The van der Waals surface area contributed by atoms with Crippen molar-refractivity contribution in [3.05, 3.63) is 23.8 Å². The molecule has 0 aromatic heterocycles. The summed E-state index contributed by atoms with van der Waals surface area (Å²) in [6.07, 6.45) is 1.49. The third-order valence-corrected chi connectivity index (χ3v) is 5.19. The topological polar surface area (TPSA) is 116 Å². The van der Waals surface area contributed by atoms with Crippen molar-refractivity contribution in [2.24, 2.45) is 0 Å². The molecule has 3 N–H and O–H groups in total. The van der Waals surface area contributed by atoms with Crippen LogP contribution in [-0.4, -0.2) is 43.8 Å². The number of rotatable bonds is 6. The minimum atomic E-state index is -3.85. The van der Waals surface area contributed by atoms with Crippen molar-refractivity contribution < 1.29 is 22.2 Å². The summed E-state index contributed by atoms with van der Waals surface area (Å²) < 4.78 is 42.4. The molecule has 118 valence electrons. The van der Waals surface area contributed by atoms with Crippen molar-refractivity contribution in [1.82, 2.24) is 4.72 Å². The van der Waals surface area contributed by atoms with E-state index in [0.717, 1.165) is 0 Å². The van der Waals surface area contributed by atoms with E-state index in [2.05, 4.69) is 9.46 Å². The van der Waals surface area contributed by atoms with Gasteiger partial charge in [-0.2, -0.15) is 0 Å². The second kappa shape index (κ2) is 7.01. The number of carbonyl (C=O) groups is 1. The Kier molecular flexibility index (Phi) is 5.87. The summed E-state index contributed by atoms with van der Waals surface area (Å²) in [5, 5.41) is 0. The van der Waals surface area contributed by atoms with Crippen LogP contribution in [0.4, 0.5) is 5.69 Å².